The number of ether oxygens (including phenoxy) is 1. The number of hydrogen-bond acceptors (Lipinski definition) is 4. The average molecular weight is 291 g/mol. The maximum Gasteiger partial charge on any atom is 0.274 e. The van der Waals surface area contributed by atoms with E-state index in [1.807, 2.05) is 5.38 Å². The van der Waals surface area contributed by atoms with E-state index in [1.165, 1.54) is 30.6 Å². The van der Waals surface area contributed by atoms with Crippen LogP contribution in [0.2, 0.25) is 0 Å². The molecule has 0 aliphatic heterocycles. The second-order valence-corrected chi connectivity index (χ2v) is 5.78. The van der Waals surface area contributed by atoms with Crippen molar-refractivity contribution >= 4 is 27.3 Å². The fourth-order valence-corrected chi connectivity index (χ4v) is 3.00. The number of thiazole rings is 1. The standard InChI is InChI=1S/C10H15BrN2OS/c11-8-6-15-9(13-8)14-7-10(12)4-2-1-3-5-10/h6H,1-5,7,12H2. The van der Waals surface area contributed by atoms with E-state index in [0.717, 1.165) is 17.4 Å². The first kappa shape index (κ1) is 11.4. The molecule has 84 valence electrons. The molecule has 3 nitrogen and oxygen atoms in total. The van der Waals surface area contributed by atoms with E-state index in [-0.39, 0.29) is 5.54 Å². The SMILES string of the molecule is NC1(COc2nc(Br)cs2)CCCCC1. The third-order valence-corrected chi connectivity index (χ3v) is 4.25. The van der Waals surface area contributed by atoms with E-state index in [0.29, 0.717) is 11.8 Å². The van der Waals surface area contributed by atoms with Crippen LogP contribution >= 0.6 is 27.3 Å². The van der Waals surface area contributed by atoms with Crippen molar-refractivity contribution in [2.24, 2.45) is 5.73 Å². The van der Waals surface area contributed by atoms with Crippen molar-refractivity contribution in [2.75, 3.05) is 6.61 Å². The molecule has 0 atom stereocenters. The van der Waals surface area contributed by atoms with Crippen molar-refractivity contribution < 1.29 is 4.74 Å². The van der Waals surface area contributed by atoms with Crippen molar-refractivity contribution in [1.82, 2.24) is 4.98 Å². The molecule has 0 amide bonds. The quantitative estimate of drug-likeness (QED) is 0.931. The predicted molar refractivity (Wildman–Crippen MR) is 65.3 cm³/mol. The Kier molecular flexibility index (Phi) is 3.64. The van der Waals surface area contributed by atoms with Crippen LogP contribution in [0.5, 0.6) is 5.19 Å². The van der Waals surface area contributed by atoms with Crippen LogP contribution in [0.25, 0.3) is 0 Å². The molecule has 1 heterocycles. The van der Waals surface area contributed by atoms with Crippen LogP contribution in [-0.2, 0) is 0 Å². The van der Waals surface area contributed by atoms with Crippen molar-refractivity contribution in [3.8, 4) is 5.19 Å². The fourth-order valence-electron chi connectivity index (χ4n) is 1.91. The Balaban J connectivity index is 1.86. The van der Waals surface area contributed by atoms with E-state index >= 15 is 0 Å². The molecule has 5 heteroatoms. The summed E-state index contributed by atoms with van der Waals surface area (Å²) in [6.45, 7) is 0.590. The highest BCUT2D eigenvalue weighted by molar-refractivity contribution is 9.10. The number of nitrogens with zero attached hydrogens (tertiary/aromatic N) is 1. The molecule has 1 saturated carbocycles. The number of rotatable bonds is 3. The highest BCUT2D eigenvalue weighted by Gasteiger charge is 2.28. The highest BCUT2D eigenvalue weighted by Crippen LogP contribution is 2.28. The minimum Gasteiger partial charge on any atom is -0.468 e. The number of aromatic nitrogens is 1. The third kappa shape index (κ3) is 3.16. The predicted octanol–water partition coefficient (Wildman–Crippen LogP) is 2.95. The maximum absolute atomic E-state index is 6.25. The zero-order valence-electron chi connectivity index (χ0n) is 8.54. The Morgan fingerprint density at radius 2 is 2.20 bits per heavy atom. The first-order valence-corrected chi connectivity index (χ1v) is 6.88. The molecule has 1 aromatic heterocycles. The van der Waals surface area contributed by atoms with E-state index in [2.05, 4.69) is 20.9 Å². The Bertz CT molecular complexity index is 323. The van der Waals surface area contributed by atoms with Gasteiger partial charge in [0.15, 0.2) is 0 Å². The van der Waals surface area contributed by atoms with Crippen LogP contribution in [0.4, 0.5) is 0 Å². The van der Waals surface area contributed by atoms with Gasteiger partial charge in [-0.05, 0) is 28.8 Å². The van der Waals surface area contributed by atoms with Crippen molar-refractivity contribution in [3.05, 3.63) is 9.98 Å². The second kappa shape index (κ2) is 4.80. The van der Waals surface area contributed by atoms with Gasteiger partial charge in [0.1, 0.15) is 11.2 Å². The molecule has 0 radical (unpaired) electrons. The largest absolute Gasteiger partial charge is 0.468 e. The summed E-state index contributed by atoms with van der Waals surface area (Å²) < 4.78 is 6.45. The van der Waals surface area contributed by atoms with E-state index in [1.54, 1.807) is 0 Å². The lowest BCUT2D eigenvalue weighted by atomic mass is 9.83. The van der Waals surface area contributed by atoms with Crippen molar-refractivity contribution in [2.45, 2.75) is 37.6 Å². The smallest absolute Gasteiger partial charge is 0.274 e. The molecule has 0 spiro atoms. The molecular weight excluding hydrogens is 276 g/mol. The lowest BCUT2D eigenvalue weighted by Gasteiger charge is -2.32. The summed E-state index contributed by atoms with van der Waals surface area (Å²) in [4.78, 5) is 4.18. The normalized spacial score (nSPS) is 20.1. The molecule has 1 aliphatic carbocycles. The van der Waals surface area contributed by atoms with Gasteiger partial charge in [-0.25, -0.2) is 0 Å². The van der Waals surface area contributed by atoms with Gasteiger partial charge >= 0.3 is 0 Å². The third-order valence-electron chi connectivity index (χ3n) is 2.79. The van der Waals surface area contributed by atoms with E-state index < -0.39 is 0 Å². The fraction of sp³-hybridized carbons (Fsp3) is 0.700. The molecule has 0 aromatic carbocycles. The molecule has 0 saturated heterocycles. The van der Waals surface area contributed by atoms with Crippen LogP contribution in [0.3, 0.4) is 0 Å². The van der Waals surface area contributed by atoms with Crippen molar-refractivity contribution in [1.29, 1.82) is 0 Å². The van der Waals surface area contributed by atoms with E-state index in [4.69, 9.17) is 10.5 Å². The molecular formula is C10H15BrN2OS. The zero-order valence-corrected chi connectivity index (χ0v) is 10.9. The maximum atomic E-state index is 6.25. The van der Waals surface area contributed by atoms with Gasteiger partial charge in [-0.15, -0.1) is 0 Å². The summed E-state index contributed by atoms with van der Waals surface area (Å²) in [7, 11) is 0. The summed E-state index contributed by atoms with van der Waals surface area (Å²) in [5, 5.41) is 2.62. The summed E-state index contributed by atoms with van der Waals surface area (Å²) in [6, 6.07) is 0. The van der Waals surface area contributed by atoms with Gasteiger partial charge in [0.2, 0.25) is 0 Å². The van der Waals surface area contributed by atoms with Crippen LogP contribution in [0, 0.1) is 0 Å². The van der Waals surface area contributed by atoms with Gasteiger partial charge in [-0.2, -0.15) is 4.98 Å². The number of halogens is 1. The lowest BCUT2D eigenvalue weighted by Crippen LogP contribution is -2.47. The molecule has 2 rings (SSSR count). The molecule has 15 heavy (non-hydrogen) atoms. The first-order chi connectivity index (χ1) is 7.18. The average Bonchev–Trinajstić information content (AvgIpc) is 2.63. The van der Waals surface area contributed by atoms with Gasteiger partial charge in [0.25, 0.3) is 5.19 Å². The van der Waals surface area contributed by atoms with Gasteiger partial charge in [-0.1, -0.05) is 30.6 Å². The Hall–Kier alpha value is -0.130. The molecule has 2 N–H and O–H groups in total. The number of nitrogens with two attached hydrogens (primary N) is 1. The van der Waals surface area contributed by atoms with Gasteiger partial charge < -0.3 is 10.5 Å². The second-order valence-electron chi connectivity index (χ2n) is 4.15. The lowest BCUT2D eigenvalue weighted by molar-refractivity contribution is 0.173. The minimum atomic E-state index is -0.129. The Labute approximate surface area is 102 Å². The monoisotopic (exact) mass is 290 g/mol. The summed E-state index contributed by atoms with van der Waals surface area (Å²) >= 11 is 4.80. The Morgan fingerprint density at radius 3 is 2.80 bits per heavy atom. The minimum absolute atomic E-state index is 0.129. The van der Waals surface area contributed by atoms with E-state index in [9.17, 15) is 0 Å². The van der Waals surface area contributed by atoms with Crippen LogP contribution in [-0.4, -0.2) is 17.1 Å². The highest BCUT2D eigenvalue weighted by atomic mass is 79.9. The summed E-state index contributed by atoms with van der Waals surface area (Å²) in [5.41, 5.74) is 6.13. The first-order valence-electron chi connectivity index (χ1n) is 5.21. The molecule has 0 unspecified atom stereocenters. The summed E-state index contributed by atoms with van der Waals surface area (Å²) in [6.07, 6.45) is 5.89. The molecule has 1 aliphatic rings. The van der Waals surface area contributed by atoms with Crippen molar-refractivity contribution in [3.63, 3.8) is 0 Å². The topological polar surface area (TPSA) is 48.1 Å². The summed E-state index contributed by atoms with van der Waals surface area (Å²) in [5.74, 6) is 0. The zero-order chi connectivity index (χ0) is 10.7. The molecule has 0 bridgehead atoms. The number of hydrogen-bond donors (Lipinski definition) is 1. The Morgan fingerprint density at radius 1 is 1.47 bits per heavy atom. The van der Waals surface area contributed by atoms with Gasteiger partial charge in [-0.3, -0.25) is 0 Å². The van der Waals surface area contributed by atoms with Gasteiger partial charge in [0, 0.05) is 5.38 Å². The van der Waals surface area contributed by atoms with Crippen LogP contribution in [0.1, 0.15) is 32.1 Å². The molecule has 1 aromatic rings. The van der Waals surface area contributed by atoms with Gasteiger partial charge in [0.05, 0.1) is 5.54 Å². The molecule has 1 fully saturated rings. The van der Waals surface area contributed by atoms with Crippen LogP contribution < -0.4 is 10.5 Å². The van der Waals surface area contributed by atoms with Crippen LogP contribution in [0.15, 0.2) is 9.98 Å².